The van der Waals surface area contributed by atoms with E-state index in [9.17, 15) is 24.6 Å². The van der Waals surface area contributed by atoms with Gasteiger partial charge in [0.2, 0.25) is 5.91 Å². The van der Waals surface area contributed by atoms with Gasteiger partial charge in [-0.2, -0.15) is 0 Å². The number of Topliss-reactive ketones (excluding diaryl/α,β-unsaturated/α-hetero) is 1. The maximum atomic E-state index is 13.2. The summed E-state index contributed by atoms with van der Waals surface area (Å²) >= 11 is 0. The lowest BCUT2D eigenvalue weighted by Gasteiger charge is -2.30. The summed E-state index contributed by atoms with van der Waals surface area (Å²) in [5, 5.41) is 21.8. The van der Waals surface area contributed by atoms with Crippen LogP contribution in [0.15, 0.2) is 54.6 Å². The SMILES string of the molecule is O=C(O)CC(C(=O)NC(Cc1ccc(O)cc1)C(=O)c1ccccc1)C1CCCCC1. The normalized spacial score (nSPS) is 16.3. The van der Waals surface area contributed by atoms with E-state index in [1.807, 2.05) is 6.07 Å². The Bertz CT molecular complexity index is 888. The third-order valence-corrected chi connectivity index (χ3v) is 6.02. The molecule has 0 aliphatic heterocycles. The highest BCUT2D eigenvalue weighted by Crippen LogP contribution is 2.32. The predicted octanol–water partition coefficient (Wildman–Crippen LogP) is 3.97. The molecule has 6 nitrogen and oxygen atoms in total. The smallest absolute Gasteiger partial charge is 0.304 e. The molecule has 1 fully saturated rings. The summed E-state index contributed by atoms with van der Waals surface area (Å²) in [6.07, 6.45) is 4.78. The molecule has 6 heteroatoms. The van der Waals surface area contributed by atoms with E-state index >= 15 is 0 Å². The lowest BCUT2D eigenvalue weighted by atomic mass is 9.78. The molecule has 0 bridgehead atoms. The van der Waals surface area contributed by atoms with E-state index in [1.54, 1.807) is 36.4 Å². The molecule has 3 N–H and O–H groups in total. The number of phenolic OH excluding ortho intramolecular Hbond substituents is 1. The Morgan fingerprint density at radius 2 is 1.58 bits per heavy atom. The second-order valence-corrected chi connectivity index (χ2v) is 8.26. The average Bonchev–Trinajstić information content (AvgIpc) is 2.79. The molecule has 2 unspecified atom stereocenters. The number of carbonyl (C=O) groups is 3. The number of aliphatic carboxylic acids is 1. The van der Waals surface area contributed by atoms with Crippen LogP contribution in [0.1, 0.15) is 54.4 Å². The Hall–Kier alpha value is -3.15. The third-order valence-electron chi connectivity index (χ3n) is 6.02. The van der Waals surface area contributed by atoms with Gasteiger partial charge in [-0.3, -0.25) is 14.4 Å². The van der Waals surface area contributed by atoms with Crippen LogP contribution >= 0.6 is 0 Å². The van der Waals surface area contributed by atoms with Gasteiger partial charge >= 0.3 is 5.97 Å². The fraction of sp³-hybridized carbons (Fsp3) is 0.400. The van der Waals surface area contributed by atoms with Crippen LogP contribution in [0.3, 0.4) is 0 Å². The molecule has 1 aliphatic rings. The topological polar surface area (TPSA) is 104 Å². The molecule has 164 valence electrons. The summed E-state index contributed by atoms with van der Waals surface area (Å²) < 4.78 is 0. The van der Waals surface area contributed by atoms with Crippen molar-refractivity contribution < 1.29 is 24.6 Å². The van der Waals surface area contributed by atoms with Crippen molar-refractivity contribution >= 4 is 17.7 Å². The van der Waals surface area contributed by atoms with E-state index < -0.39 is 17.9 Å². The van der Waals surface area contributed by atoms with E-state index in [4.69, 9.17) is 0 Å². The lowest BCUT2D eigenvalue weighted by Crippen LogP contribution is -2.47. The molecular formula is C25H29NO5. The van der Waals surface area contributed by atoms with Gasteiger partial charge in [-0.25, -0.2) is 0 Å². The molecule has 0 spiro atoms. The Labute approximate surface area is 182 Å². The zero-order valence-electron chi connectivity index (χ0n) is 17.5. The molecule has 2 atom stereocenters. The minimum Gasteiger partial charge on any atom is -0.508 e. The van der Waals surface area contributed by atoms with Crippen molar-refractivity contribution in [2.45, 2.75) is 51.0 Å². The molecule has 1 aliphatic carbocycles. The number of ketones is 1. The molecule has 1 saturated carbocycles. The van der Waals surface area contributed by atoms with E-state index in [0.29, 0.717) is 5.56 Å². The van der Waals surface area contributed by atoms with Gasteiger partial charge in [0.15, 0.2) is 5.78 Å². The van der Waals surface area contributed by atoms with E-state index in [2.05, 4.69) is 5.32 Å². The van der Waals surface area contributed by atoms with Crippen LogP contribution in [0.4, 0.5) is 0 Å². The number of rotatable bonds is 9. The van der Waals surface area contributed by atoms with Crippen LogP contribution in [0.5, 0.6) is 5.75 Å². The number of hydrogen-bond acceptors (Lipinski definition) is 4. The summed E-state index contributed by atoms with van der Waals surface area (Å²) in [5.41, 5.74) is 1.28. The number of carboxylic acids is 1. The fourth-order valence-corrected chi connectivity index (χ4v) is 4.36. The Morgan fingerprint density at radius 3 is 2.19 bits per heavy atom. The van der Waals surface area contributed by atoms with Crippen molar-refractivity contribution in [3.05, 3.63) is 65.7 Å². The molecule has 0 radical (unpaired) electrons. The first kappa shape index (κ1) is 22.5. The standard InChI is InChI=1S/C25H29NO5/c27-20-13-11-17(12-14-20)15-22(24(30)19-9-5-2-6-10-19)26-25(31)21(16-23(28)29)18-7-3-1-4-8-18/h2,5-6,9-14,18,21-22,27H,1,3-4,7-8,15-16H2,(H,26,31)(H,28,29). The fourth-order valence-electron chi connectivity index (χ4n) is 4.36. The van der Waals surface area contributed by atoms with Crippen LogP contribution in [0, 0.1) is 11.8 Å². The summed E-state index contributed by atoms with van der Waals surface area (Å²) in [4.78, 5) is 37.8. The molecule has 0 aromatic heterocycles. The van der Waals surface area contributed by atoms with Crippen molar-refractivity contribution in [1.82, 2.24) is 5.32 Å². The van der Waals surface area contributed by atoms with Gasteiger partial charge in [0.05, 0.1) is 18.4 Å². The number of amides is 1. The molecule has 0 heterocycles. The number of hydrogen-bond donors (Lipinski definition) is 3. The third kappa shape index (κ3) is 6.41. The maximum absolute atomic E-state index is 13.2. The quantitative estimate of drug-likeness (QED) is 0.530. The first-order valence-electron chi connectivity index (χ1n) is 10.8. The number of nitrogens with one attached hydrogen (secondary N) is 1. The van der Waals surface area contributed by atoms with Gasteiger partial charge in [0, 0.05) is 12.0 Å². The molecule has 2 aromatic rings. The second kappa shape index (κ2) is 10.8. The van der Waals surface area contributed by atoms with Crippen molar-refractivity contribution in [3.8, 4) is 5.75 Å². The van der Waals surface area contributed by atoms with Crippen LogP contribution in [0.25, 0.3) is 0 Å². The highest BCUT2D eigenvalue weighted by molar-refractivity contribution is 6.02. The van der Waals surface area contributed by atoms with Crippen molar-refractivity contribution in [2.75, 3.05) is 0 Å². The number of aromatic hydroxyl groups is 1. The molecular weight excluding hydrogens is 394 g/mol. The Kier molecular flexibility index (Phi) is 7.82. The first-order chi connectivity index (χ1) is 14.9. The van der Waals surface area contributed by atoms with Gasteiger partial charge in [0.1, 0.15) is 5.75 Å². The zero-order chi connectivity index (χ0) is 22.2. The molecule has 31 heavy (non-hydrogen) atoms. The van der Waals surface area contributed by atoms with Crippen molar-refractivity contribution in [1.29, 1.82) is 0 Å². The van der Waals surface area contributed by atoms with E-state index in [0.717, 1.165) is 37.7 Å². The van der Waals surface area contributed by atoms with Crippen LogP contribution in [-0.4, -0.2) is 33.9 Å². The number of benzene rings is 2. The predicted molar refractivity (Wildman–Crippen MR) is 117 cm³/mol. The summed E-state index contributed by atoms with van der Waals surface area (Å²) in [7, 11) is 0. The first-order valence-corrected chi connectivity index (χ1v) is 10.8. The van der Waals surface area contributed by atoms with Crippen molar-refractivity contribution in [2.24, 2.45) is 11.8 Å². The van der Waals surface area contributed by atoms with Gasteiger partial charge in [0.25, 0.3) is 0 Å². The van der Waals surface area contributed by atoms with Gasteiger partial charge in [-0.05, 0) is 36.5 Å². The highest BCUT2D eigenvalue weighted by atomic mass is 16.4. The second-order valence-electron chi connectivity index (χ2n) is 8.26. The molecule has 0 saturated heterocycles. The average molecular weight is 424 g/mol. The Balaban J connectivity index is 1.82. The van der Waals surface area contributed by atoms with E-state index in [1.165, 1.54) is 12.1 Å². The van der Waals surface area contributed by atoms with Crippen LogP contribution in [-0.2, 0) is 16.0 Å². The Morgan fingerprint density at radius 1 is 0.935 bits per heavy atom. The monoisotopic (exact) mass is 423 g/mol. The number of phenols is 1. The lowest BCUT2D eigenvalue weighted by molar-refractivity contribution is -0.142. The largest absolute Gasteiger partial charge is 0.508 e. The number of carboxylic acid groups (broad SMARTS) is 1. The highest BCUT2D eigenvalue weighted by Gasteiger charge is 2.34. The van der Waals surface area contributed by atoms with Crippen molar-refractivity contribution in [3.63, 3.8) is 0 Å². The zero-order valence-corrected chi connectivity index (χ0v) is 17.5. The van der Waals surface area contributed by atoms with E-state index in [-0.39, 0.29) is 36.2 Å². The number of carbonyl (C=O) groups excluding carboxylic acids is 2. The minimum atomic E-state index is -1.00. The molecule has 3 rings (SSSR count). The van der Waals surface area contributed by atoms with Crippen LogP contribution in [0.2, 0.25) is 0 Å². The summed E-state index contributed by atoms with van der Waals surface area (Å²) in [5.74, 6) is -2.11. The maximum Gasteiger partial charge on any atom is 0.304 e. The van der Waals surface area contributed by atoms with Crippen LogP contribution < -0.4 is 5.32 Å². The molecule has 2 aromatic carbocycles. The van der Waals surface area contributed by atoms with Gasteiger partial charge in [-0.1, -0.05) is 61.7 Å². The van der Waals surface area contributed by atoms with Gasteiger partial charge in [-0.15, -0.1) is 0 Å². The van der Waals surface area contributed by atoms with Gasteiger partial charge < -0.3 is 15.5 Å². The molecule has 1 amide bonds. The minimum absolute atomic E-state index is 0.0194. The summed E-state index contributed by atoms with van der Waals surface area (Å²) in [6.45, 7) is 0. The summed E-state index contributed by atoms with van der Waals surface area (Å²) in [6, 6.07) is 14.4.